The van der Waals surface area contributed by atoms with Crippen LogP contribution in [0.25, 0.3) is 0 Å². The van der Waals surface area contributed by atoms with Gasteiger partial charge in [-0.3, -0.25) is 14.4 Å². The maximum Gasteiger partial charge on any atom is 0.306 e. The Morgan fingerprint density at radius 1 is 0.253 bits per heavy atom. The Morgan fingerprint density at radius 3 is 0.783 bits per heavy atom. The van der Waals surface area contributed by atoms with Crippen LogP contribution in [0.15, 0.2) is 97.2 Å². The van der Waals surface area contributed by atoms with E-state index in [1.165, 1.54) is 212 Å². The lowest BCUT2D eigenvalue weighted by molar-refractivity contribution is -0.167. The maximum atomic E-state index is 12.9. The van der Waals surface area contributed by atoms with E-state index in [1.54, 1.807) is 0 Å². The topological polar surface area (TPSA) is 78.9 Å². The summed E-state index contributed by atoms with van der Waals surface area (Å²) in [5, 5.41) is 0. The van der Waals surface area contributed by atoms with E-state index < -0.39 is 6.10 Å². The molecule has 0 N–H and O–H groups in total. The minimum atomic E-state index is -0.782. The van der Waals surface area contributed by atoms with E-state index >= 15 is 0 Å². The molecular formula is C77H134O6. The van der Waals surface area contributed by atoms with Crippen molar-refractivity contribution < 1.29 is 28.6 Å². The summed E-state index contributed by atoms with van der Waals surface area (Å²) in [7, 11) is 0. The largest absolute Gasteiger partial charge is 0.462 e. The van der Waals surface area contributed by atoms with Crippen molar-refractivity contribution >= 4 is 17.9 Å². The lowest BCUT2D eigenvalue weighted by Crippen LogP contribution is -2.30. The van der Waals surface area contributed by atoms with E-state index in [0.717, 1.165) is 103 Å². The van der Waals surface area contributed by atoms with Gasteiger partial charge in [-0.1, -0.05) is 317 Å². The van der Waals surface area contributed by atoms with Crippen molar-refractivity contribution in [2.75, 3.05) is 13.2 Å². The van der Waals surface area contributed by atoms with Crippen LogP contribution in [0.3, 0.4) is 0 Å². The molecule has 1 atom stereocenters. The predicted molar refractivity (Wildman–Crippen MR) is 362 cm³/mol. The normalized spacial score (nSPS) is 12.7. The van der Waals surface area contributed by atoms with Gasteiger partial charge in [0.2, 0.25) is 0 Å². The molecular weight excluding hydrogens is 1020 g/mol. The number of allylic oxidation sites excluding steroid dienone is 16. The van der Waals surface area contributed by atoms with Crippen LogP contribution in [0.1, 0.15) is 355 Å². The van der Waals surface area contributed by atoms with Crippen molar-refractivity contribution in [3.8, 4) is 0 Å². The van der Waals surface area contributed by atoms with E-state index in [1.807, 2.05) is 0 Å². The Bertz CT molecular complexity index is 1610. The second-order valence-corrected chi connectivity index (χ2v) is 23.8. The van der Waals surface area contributed by atoms with Gasteiger partial charge in [-0.25, -0.2) is 0 Å². The van der Waals surface area contributed by atoms with Crippen molar-refractivity contribution in [3.63, 3.8) is 0 Å². The van der Waals surface area contributed by atoms with Gasteiger partial charge in [0.25, 0.3) is 0 Å². The molecule has 0 bridgehead atoms. The van der Waals surface area contributed by atoms with Crippen LogP contribution in [0, 0.1) is 0 Å². The number of carbonyl (C=O) groups is 3. The van der Waals surface area contributed by atoms with Gasteiger partial charge in [0, 0.05) is 19.3 Å². The van der Waals surface area contributed by atoms with Crippen molar-refractivity contribution in [1.82, 2.24) is 0 Å². The molecule has 0 aromatic heterocycles. The molecule has 1 unspecified atom stereocenters. The Morgan fingerprint density at radius 2 is 0.482 bits per heavy atom. The highest BCUT2D eigenvalue weighted by Crippen LogP contribution is 2.17. The van der Waals surface area contributed by atoms with Gasteiger partial charge in [-0.05, 0) is 116 Å². The van der Waals surface area contributed by atoms with Gasteiger partial charge in [0.05, 0.1) is 0 Å². The summed E-state index contributed by atoms with van der Waals surface area (Å²) < 4.78 is 17.0. The molecule has 83 heavy (non-hydrogen) atoms. The van der Waals surface area contributed by atoms with Gasteiger partial charge in [0.15, 0.2) is 6.10 Å². The molecule has 0 heterocycles. The molecule has 0 rings (SSSR count). The predicted octanol–water partition coefficient (Wildman–Crippen LogP) is 24.8. The monoisotopic (exact) mass is 1160 g/mol. The molecule has 6 heteroatoms. The average Bonchev–Trinajstić information content (AvgIpc) is 3.48. The molecule has 0 spiro atoms. The fourth-order valence-electron chi connectivity index (χ4n) is 10.2. The van der Waals surface area contributed by atoms with Crippen molar-refractivity contribution in [3.05, 3.63) is 97.2 Å². The minimum Gasteiger partial charge on any atom is -0.462 e. The molecule has 0 aliphatic heterocycles. The van der Waals surface area contributed by atoms with Gasteiger partial charge in [0.1, 0.15) is 13.2 Å². The van der Waals surface area contributed by atoms with Crippen LogP contribution in [0.5, 0.6) is 0 Å². The summed E-state index contributed by atoms with van der Waals surface area (Å²) in [6.45, 7) is 6.52. The molecule has 0 radical (unpaired) electrons. The zero-order valence-electron chi connectivity index (χ0n) is 54.9. The van der Waals surface area contributed by atoms with E-state index in [-0.39, 0.29) is 31.1 Å². The molecule has 0 aromatic rings. The first-order chi connectivity index (χ1) is 41.0. The smallest absolute Gasteiger partial charge is 0.306 e. The molecule has 0 saturated heterocycles. The second-order valence-electron chi connectivity index (χ2n) is 23.8. The number of hydrogen-bond donors (Lipinski definition) is 0. The Labute approximate surface area is 515 Å². The van der Waals surface area contributed by atoms with Crippen LogP contribution in [0.4, 0.5) is 0 Å². The molecule has 0 aliphatic carbocycles. The Kier molecular flexibility index (Phi) is 67.7. The molecule has 6 nitrogen and oxygen atoms in total. The first-order valence-corrected chi connectivity index (χ1v) is 35.7. The summed E-state index contributed by atoms with van der Waals surface area (Å²) in [4.78, 5) is 38.4. The van der Waals surface area contributed by atoms with Crippen LogP contribution in [-0.4, -0.2) is 37.2 Å². The van der Waals surface area contributed by atoms with Crippen molar-refractivity contribution in [2.24, 2.45) is 0 Å². The Hall–Kier alpha value is -3.67. The summed E-state index contributed by atoms with van der Waals surface area (Å²) in [5.41, 5.74) is 0. The first-order valence-electron chi connectivity index (χ1n) is 35.7. The van der Waals surface area contributed by atoms with Gasteiger partial charge < -0.3 is 14.2 Å². The third-order valence-corrected chi connectivity index (χ3v) is 15.5. The molecule has 0 saturated carbocycles. The van der Waals surface area contributed by atoms with E-state index in [2.05, 4.69) is 118 Å². The van der Waals surface area contributed by atoms with Crippen molar-refractivity contribution in [2.45, 2.75) is 361 Å². The van der Waals surface area contributed by atoms with Crippen LogP contribution in [-0.2, 0) is 28.6 Å². The molecule has 0 aromatic carbocycles. The van der Waals surface area contributed by atoms with E-state index in [0.29, 0.717) is 19.3 Å². The highest BCUT2D eigenvalue weighted by molar-refractivity contribution is 5.71. The standard InChI is InChI=1S/C77H134O6/c1-4-7-10-13-16-19-22-24-26-28-30-32-34-35-36-37-38-39-40-41-43-44-46-48-50-52-55-58-61-64-67-70-76(79)82-73-74(72-81-75(78)69-66-63-60-57-54-21-18-15-12-9-6-3)83-77(80)71-68-65-62-59-56-53-51-49-47-45-42-33-31-29-27-25-23-20-17-14-11-8-5-2/h7,10,15-16,18-19,24,26,29-32,35-36,38-39,74H,4-6,8-9,11-14,17,20-23,25,27-28,33-34,37,40-73H2,1-3H3/b10-7-,18-15-,19-16-,26-24-,31-29-,32-30-,36-35-,39-38-. The highest BCUT2D eigenvalue weighted by atomic mass is 16.6. The molecule has 0 amide bonds. The quantitative estimate of drug-likeness (QED) is 0.0261. The number of rotatable bonds is 65. The number of esters is 3. The maximum absolute atomic E-state index is 12.9. The number of ether oxygens (including phenoxy) is 3. The van der Waals surface area contributed by atoms with Gasteiger partial charge in [-0.2, -0.15) is 0 Å². The van der Waals surface area contributed by atoms with Crippen molar-refractivity contribution in [1.29, 1.82) is 0 Å². The third-order valence-electron chi connectivity index (χ3n) is 15.5. The average molecular weight is 1160 g/mol. The SMILES string of the molecule is CC/C=C\C/C=C\C/C=C\C/C=C\C/C=C\C/C=C\CCCCCCCCCCCCCCC(=O)OCC(COC(=O)CCCCCCC/C=C\CCCC)OC(=O)CCCCCCCCCCCCC/C=C\CCCCCCCCCC. The third kappa shape index (κ3) is 69.0. The second kappa shape index (κ2) is 70.8. The highest BCUT2D eigenvalue weighted by Gasteiger charge is 2.19. The fourth-order valence-corrected chi connectivity index (χ4v) is 10.2. The number of hydrogen-bond acceptors (Lipinski definition) is 6. The van der Waals surface area contributed by atoms with E-state index in [9.17, 15) is 14.4 Å². The van der Waals surface area contributed by atoms with Crippen LogP contribution < -0.4 is 0 Å². The lowest BCUT2D eigenvalue weighted by Gasteiger charge is -2.18. The number of carbonyl (C=O) groups excluding carboxylic acids is 3. The Balaban J connectivity index is 4.21. The molecule has 478 valence electrons. The first kappa shape index (κ1) is 79.3. The van der Waals surface area contributed by atoms with Crippen LogP contribution >= 0.6 is 0 Å². The zero-order valence-corrected chi connectivity index (χ0v) is 54.9. The van der Waals surface area contributed by atoms with Gasteiger partial charge in [-0.15, -0.1) is 0 Å². The lowest BCUT2D eigenvalue weighted by atomic mass is 10.0. The zero-order chi connectivity index (χ0) is 59.9. The molecule has 0 fully saturated rings. The summed E-state index contributed by atoms with van der Waals surface area (Å²) in [5.74, 6) is -0.876. The van der Waals surface area contributed by atoms with Crippen LogP contribution in [0.2, 0.25) is 0 Å². The summed E-state index contributed by atoms with van der Waals surface area (Å²) >= 11 is 0. The molecule has 0 aliphatic rings. The summed E-state index contributed by atoms with van der Waals surface area (Å²) in [6, 6.07) is 0. The number of unbranched alkanes of at least 4 members (excludes halogenated alkanes) is 38. The fraction of sp³-hybridized carbons (Fsp3) is 0.753. The van der Waals surface area contributed by atoms with Gasteiger partial charge >= 0.3 is 17.9 Å². The summed E-state index contributed by atoms with van der Waals surface area (Å²) in [6.07, 6.45) is 95.9. The minimum absolute atomic E-state index is 0.0787. The van der Waals surface area contributed by atoms with E-state index in [4.69, 9.17) is 14.2 Å².